The smallest absolute Gasteiger partial charge is 0.136 e. The molecule has 2 aromatic rings. The Bertz CT molecular complexity index is 863. The van der Waals surface area contributed by atoms with Gasteiger partial charge < -0.3 is 4.90 Å². The topological polar surface area (TPSA) is 3.24 Å². The minimum atomic E-state index is -0.741. The van der Waals surface area contributed by atoms with Crippen molar-refractivity contribution in [2.24, 2.45) is 0 Å². The van der Waals surface area contributed by atoms with E-state index in [-0.39, 0.29) is 10.6 Å². The molecule has 3 rings (SSSR count). The second kappa shape index (κ2) is 8.52. The quantitative estimate of drug-likeness (QED) is 0.525. The predicted octanol–water partition coefficient (Wildman–Crippen LogP) is 7.09. The van der Waals surface area contributed by atoms with Crippen LogP contribution in [0, 0.1) is 11.6 Å². The van der Waals surface area contributed by atoms with Crippen LogP contribution in [-0.2, 0) is 0 Å². The molecule has 0 saturated heterocycles. The van der Waals surface area contributed by atoms with Crippen LogP contribution in [0.3, 0.4) is 0 Å². The van der Waals surface area contributed by atoms with Crippen molar-refractivity contribution in [3.05, 3.63) is 93.6 Å². The maximum absolute atomic E-state index is 14.5. The van der Waals surface area contributed by atoms with Crippen LogP contribution < -0.4 is 0 Å². The van der Waals surface area contributed by atoms with Crippen LogP contribution in [0.15, 0.2) is 65.8 Å². The molecule has 0 unspecified atom stereocenters. The van der Waals surface area contributed by atoms with E-state index < -0.39 is 11.6 Å². The van der Waals surface area contributed by atoms with Gasteiger partial charge in [-0.05, 0) is 23.8 Å². The summed E-state index contributed by atoms with van der Waals surface area (Å²) in [6, 6.07) is 11.4. The highest BCUT2D eigenvalue weighted by molar-refractivity contribution is 6.33. The van der Waals surface area contributed by atoms with Gasteiger partial charge in [0.15, 0.2) is 0 Å². The third-order valence-electron chi connectivity index (χ3n) is 3.87. The Morgan fingerprint density at radius 1 is 0.962 bits per heavy atom. The van der Waals surface area contributed by atoms with Crippen molar-refractivity contribution in [3.63, 3.8) is 0 Å². The van der Waals surface area contributed by atoms with E-state index in [0.29, 0.717) is 22.0 Å². The van der Waals surface area contributed by atoms with Crippen molar-refractivity contribution in [1.29, 1.82) is 0 Å². The number of halogens is 4. The van der Waals surface area contributed by atoms with Gasteiger partial charge in [0, 0.05) is 17.6 Å². The van der Waals surface area contributed by atoms with Crippen molar-refractivity contribution in [2.75, 3.05) is 7.05 Å². The summed E-state index contributed by atoms with van der Waals surface area (Å²) in [5.41, 5.74) is 2.04. The van der Waals surface area contributed by atoms with Crippen LogP contribution in [0.25, 0.3) is 11.3 Å². The normalized spacial score (nSPS) is 14.0. The first-order chi connectivity index (χ1) is 12.4. The van der Waals surface area contributed by atoms with Gasteiger partial charge in [-0.25, -0.2) is 8.78 Å². The van der Waals surface area contributed by atoms with Gasteiger partial charge in [0.2, 0.25) is 0 Å². The molecule has 0 radical (unpaired) electrons. The molecule has 26 heavy (non-hydrogen) atoms. The van der Waals surface area contributed by atoms with E-state index in [1.807, 2.05) is 44.2 Å². The molecule has 136 valence electrons. The predicted molar refractivity (Wildman–Crippen MR) is 107 cm³/mol. The van der Waals surface area contributed by atoms with Crippen molar-refractivity contribution in [1.82, 2.24) is 4.90 Å². The minimum Gasteiger partial charge on any atom is -0.343 e. The zero-order chi connectivity index (χ0) is 19.4. The van der Waals surface area contributed by atoms with E-state index in [4.69, 9.17) is 23.2 Å². The van der Waals surface area contributed by atoms with E-state index in [1.54, 1.807) is 18.0 Å². The fourth-order valence-electron chi connectivity index (χ4n) is 2.66. The molecule has 0 atom stereocenters. The van der Waals surface area contributed by atoms with Crippen molar-refractivity contribution in [2.45, 2.75) is 13.8 Å². The molecule has 0 fully saturated rings. The van der Waals surface area contributed by atoms with Crippen LogP contribution >= 0.6 is 23.2 Å². The van der Waals surface area contributed by atoms with E-state index >= 15 is 0 Å². The van der Waals surface area contributed by atoms with Crippen LogP contribution in [-0.4, -0.2) is 11.9 Å². The lowest BCUT2D eigenvalue weighted by Gasteiger charge is -2.31. The van der Waals surface area contributed by atoms with Crippen LogP contribution in [0.2, 0.25) is 5.02 Å². The summed E-state index contributed by atoms with van der Waals surface area (Å²) in [6.45, 7) is 7.88. The van der Waals surface area contributed by atoms with Gasteiger partial charge in [-0.3, -0.25) is 0 Å². The molecule has 1 aliphatic rings. The molecule has 1 nitrogen and oxygen atoms in total. The highest BCUT2D eigenvalue weighted by Gasteiger charge is 2.27. The summed E-state index contributed by atoms with van der Waals surface area (Å²) >= 11 is 12.0. The summed E-state index contributed by atoms with van der Waals surface area (Å²) in [7, 11) is 1.67. The highest BCUT2D eigenvalue weighted by atomic mass is 35.5. The second-order valence-corrected chi connectivity index (χ2v) is 6.21. The molecule has 0 spiro atoms. The zero-order valence-electron chi connectivity index (χ0n) is 14.8. The number of allylic oxidation sites excluding steroid dienone is 3. The number of benzene rings is 2. The largest absolute Gasteiger partial charge is 0.343 e. The van der Waals surface area contributed by atoms with Gasteiger partial charge in [-0.2, -0.15) is 0 Å². The van der Waals surface area contributed by atoms with Crippen LogP contribution in [0.5, 0.6) is 0 Å². The first-order valence-corrected chi connectivity index (χ1v) is 8.90. The molecule has 0 aliphatic carbocycles. The van der Waals surface area contributed by atoms with Crippen LogP contribution in [0.1, 0.15) is 25.0 Å². The summed E-state index contributed by atoms with van der Waals surface area (Å²) < 4.78 is 29.0. The van der Waals surface area contributed by atoms with Crippen molar-refractivity contribution < 1.29 is 8.78 Å². The fraction of sp³-hybridized carbons (Fsp3) is 0.143. The maximum Gasteiger partial charge on any atom is 0.136 e. The molecule has 0 saturated carbocycles. The molecule has 5 heteroatoms. The van der Waals surface area contributed by atoms with E-state index in [1.165, 1.54) is 0 Å². The second-order valence-electron chi connectivity index (χ2n) is 5.37. The Labute approximate surface area is 162 Å². The lowest BCUT2D eigenvalue weighted by molar-refractivity contribution is 0.550. The molecular formula is C21H19Cl2F2N. The van der Waals surface area contributed by atoms with Crippen LogP contribution in [0.4, 0.5) is 8.78 Å². The van der Waals surface area contributed by atoms with Gasteiger partial charge in [-0.15, -0.1) is 0 Å². The zero-order valence-corrected chi connectivity index (χ0v) is 16.3. The standard InChI is InChI=1S/C19H13Cl2F2N.C2H6/c1-11-15(21)10-14(12-6-4-3-5-7-12)19(24(11)2)18-16(22)8-13(20)9-17(18)23;1-2/h3-10H,1H2,2H3;1-2H3. The van der Waals surface area contributed by atoms with E-state index in [9.17, 15) is 8.78 Å². The van der Waals surface area contributed by atoms with Gasteiger partial charge in [-0.1, -0.05) is 74.0 Å². The van der Waals surface area contributed by atoms with E-state index in [2.05, 4.69) is 6.58 Å². The first kappa shape index (κ1) is 20.2. The maximum atomic E-state index is 14.5. The van der Waals surface area contributed by atoms with E-state index in [0.717, 1.165) is 17.7 Å². The van der Waals surface area contributed by atoms with Gasteiger partial charge in [0.1, 0.15) is 11.6 Å². The summed E-state index contributed by atoms with van der Waals surface area (Å²) in [5, 5.41) is 0.413. The average Bonchev–Trinajstić information content (AvgIpc) is 2.63. The molecule has 0 amide bonds. The molecule has 1 heterocycles. The van der Waals surface area contributed by atoms with Gasteiger partial charge >= 0.3 is 0 Å². The average molecular weight is 394 g/mol. The monoisotopic (exact) mass is 393 g/mol. The molecule has 1 aliphatic heterocycles. The molecular weight excluding hydrogens is 375 g/mol. The van der Waals surface area contributed by atoms with Crippen molar-refractivity contribution in [3.8, 4) is 0 Å². The lowest BCUT2D eigenvalue weighted by Crippen LogP contribution is -2.22. The summed E-state index contributed by atoms with van der Waals surface area (Å²) in [6.07, 6.45) is 1.67. The minimum absolute atomic E-state index is 0.00137. The lowest BCUT2D eigenvalue weighted by atomic mass is 9.94. The summed E-state index contributed by atoms with van der Waals surface area (Å²) in [5.74, 6) is -1.48. The third-order valence-corrected chi connectivity index (χ3v) is 4.42. The number of nitrogens with zero attached hydrogens (tertiary/aromatic N) is 1. The molecule has 0 bridgehead atoms. The Kier molecular flexibility index (Phi) is 6.63. The third kappa shape index (κ3) is 3.84. The SMILES string of the molecule is C=C1C(Cl)=CC(c2ccccc2)=C(c2c(F)cc(Cl)cc2F)N1C.CC. The molecule has 0 N–H and O–H groups in total. The highest BCUT2D eigenvalue weighted by Crippen LogP contribution is 2.41. The van der Waals surface area contributed by atoms with Gasteiger partial charge in [0.25, 0.3) is 0 Å². The Hall–Kier alpha value is -2.10. The number of hydrogen-bond donors (Lipinski definition) is 0. The first-order valence-electron chi connectivity index (χ1n) is 8.15. The number of rotatable bonds is 2. The Morgan fingerprint density at radius 2 is 1.50 bits per heavy atom. The molecule has 2 aromatic carbocycles. The summed E-state index contributed by atoms with van der Waals surface area (Å²) in [4.78, 5) is 1.58. The molecule has 0 aromatic heterocycles. The van der Waals surface area contributed by atoms with Gasteiger partial charge in [0.05, 0.1) is 22.0 Å². The number of likely N-dealkylation sites (N-methyl/N-ethyl adjacent to an activating group) is 1. The fourth-order valence-corrected chi connectivity index (χ4v) is 3.09. The van der Waals surface area contributed by atoms with Crippen molar-refractivity contribution >= 4 is 34.5 Å². The number of hydrogen-bond acceptors (Lipinski definition) is 1. The Balaban J connectivity index is 0.00000117. The Morgan fingerprint density at radius 3 is 2.04 bits per heavy atom.